The van der Waals surface area contributed by atoms with Crippen molar-refractivity contribution in [1.82, 2.24) is 0 Å². The first kappa shape index (κ1) is 4.76. The lowest BCUT2D eigenvalue weighted by Crippen LogP contribution is -1.97. The minimum absolute atomic E-state index is 0.880. The Labute approximate surface area is 56.6 Å². The Balaban J connectivity index is 2.03. The summed E-state index contributed by atoms with van der Waals surface area (Å²) in [4.78, 5) is 0. The van der Waals surface area contributed by atoms with E-state index in [0.717, 1.165) is 16.7 Å². The van der Waals surface area contributed by atoms with Gasteiger partial charge >= 0.3 is 0 Å². The maximum absolute atomic E-state index is 2.49. The number of rotatable bonds is 0. The van der Waals surface area contributed by atoms with Crippen molar-refractivity contribution in [3.63, 3.8) is 0 Å². The van der Waals surface area contributed by atoms with E-state index in [4.69, 9.17) is 0 Å². The van der Waals surface area contributed by atoms with Crippen molar-refractivity contribution in [1.29, 1.82) is 0 Å². The average molecular weight is 122 g/mol. The Hall–Kier alpha value is 0. The molecule has 9 heavy (non-hydrogen) atoms. The van der Waals surface area contributed by atoms with Crippen LogP contribution in [0.4, 0.5) is 0 Å². The normalized spacial score (nSPS) is 75.3. The van der Waals surface area contributed by atoms with Gasteiger partial charge in [0.2, 0.25) is 0 Å². The summed E-state index contributed by atoms with van der Waals surface area (Å²) >= 11 is 0. The van der Waals surface area contributed by atoms with Crippen molar-refractivity contribution in [3.05, 3.63) is 0 Å². The number of hydrogen-bond acceptors (Lipinski definition) is 0. The molecule has 0 aromatic carbocycles. The Kier molecular flexibility index (Phi) is 0.470. The summed E-state index contributed by atoms with van der Waals surface area (Å²) in [5.74, 6) is 2.26. The third kappa shape index (κ3) is 0.249. The largest absolute Gasteiger partial charge is 0.0619 e. The number of fused-ring (bicyclic) bond motifs is 1. The summed E-state index contributed by atoms with van der Waals surface area (Å²) in [5, 5.41) is 0. The maximum Gasteiger partial charge on any atom is -0.0176 e. The van der Waals surface area contributed by atoms with Crippen molar-refractivity contribution in [2.24, 2.45) is 22.7 Å². The van der Waals surface area contributed by atoms with Gasteiger partial charge in [0.05, 0.1) is 0 Å². The molecule has 3 fully saturated rings. The zero-order chi connectivity index (χ0) is 6.28. The third-order valence-corrected chi connectivity index (χ3v) is 4.67. The van der Waals surface area contributed by atoms with Crippen LogP contribution in [0.25, 0.3) is 0 Å². The Bertz CT molecular complexity index is 180. The number of hydrogen-bond donors (Lipinski definition) is 0. The Morgan fingerprint density at radius 3 is 2.33 bits per heavy atom. The molecular weight excluding hydrogens is 108 g/mol. The lowest BCUT2D eigenvalue weighted by atomic mass is 10.0. The van der Waals surface area contributed by atoms with Crippen molar-refractivity contribution >= 4 is 0 Å². The second kappa shape index (κ2) is 0.889. The highest BCUT2D eigenvalue weighted by atomic mass is 14.9. The molecule has 3 aliphatic carbocycles. The van der Waals surface area contributed by atoms with Gasteiger partial charge in [-0.25, -0.2) is 0 Å². The molecule has 0 bridgehead atoms. The molecular formula is C9H14. The first-order valence-electron chi connectivity index (χ1n) is 4.22. The van der Waals surface area contributed by atoms with Crippen LogP contribution in [-0.2, 0) is 0 Å². The van der Waals surface area contributed by atoms with Gasteiger partial charge in [0.1, 0.15) is 0 Å². The molecule has 1 spiro atoms. The molecule has 0 N–H and O–H groups in total. The average Bonchev–Trinajstić information content (AvgIpc) is 2.46. The third-order valence-electron chi connectivity index (χ3n) is 4.67. The van der Waals surface area contributed by atoms with Crippen molar-refractivity contribution < 1.29 is 0 Å². The van der Waals surface area contributed by atoms with Gasteiger partial charge in [-0.1, -0.05) is 13.8 Å². The van der Waals surface area contributed by atoms with Crippen LogP contribution in [0.5, 0.6) is 0 Å². The van der Waals surface area contributed by atoms with E-state index in [1.54, 1.807) is 12.8 Å². The maximum atomic E-state index is 2.49. The molecule has 4 atom stereocenters. The van der Waals surface area contributed by atoms with Crippen molar-refractivity contribution in [2.45, 2.75) is 33.1 Å². The molecule has 3 saturated carbocycles. The van der Waals surface area contributed by atoms with Gasteiger partial charge in [-0.2, -0.15) is 0 Å². The van der Waals surface area contributed by atoms with E-state index >= 15 is 0 Å². The predicted octanol–water partition coefficient (Wildman–Crippen LogP) is 2.44. The van der Waals surface area contributed by atoms with Crippen LogP contribution < -0.4 is 0 Å². The molecule has 0 amide bonds. The second-order valence-electron chi connectivity index (χ2n) is 4.67. The molecule has 50 valence electrons. The summed E-state index contributed by atoms with van der Waals surface area (Å²) in [7, 11) is 0. The van der Waals surface area contributed by atoms with Crippen LogP contribution in [0, 0.1) is 22.7 Å². The standard InChI is InChI=1S/C9H14/c1-6-3-4-7-8(2)5-9(6,7)8/h6-7H,3-5H2,1-2H3. The first-order valence-corrected chi connectivity index (χ1v) is 4.22. The molecule has 0 heterocycles. The van der Waals surface area contributed by atoms with Crippen LogP contribution in [0.2, 0.25) is 0 Å². The highest BCUT2D eigenvalue weighted by molar-refractivity contribution is 5.38. The molecule has 0 aromatic rings. The van der Waals surface area contributed by atoms with E-state index in [0.29, 0.717) is 0 Å². The monoisotopic (exact) mass is 122 g/mol. The van der Waals surface area contributed by atoms with Crippen LogP contribution in [0.15, 0.2) is 0 Å². The highest BCUT2D eigenvalue weighted by Crippen LogP contribution is 2.96. The molecule has 4 unspecified atom stereocenters. The van der Waals surface area contributed by atoms with Crippen molar-refractivity contribution in [3.8, 4) is 0 Å². The summed E-state index contributed by atoms with van der Waals surface area (Å²) in [6.07, 6.45) is 4.66. The summed E-state index contributed by atoms with van der Waals surface area (Å²) in [6, 6.07) is 0. The Morgan fingerprint density at radius 2 is 2.11 bits per heavy atom. The predicted molar refractivity (Wildman–Crippen MR) is 37.0 cm³/mol. The zero-order valence-corrected chi connectivity index (χ0v) is 6.28. The van der Waals surface area contributed by atoms with Gasteiger partial charge < -0.3 is 0 Å². The van der Waals surface area contributed by atoms with Gasteiger partial charge in [-0.05, 0) is 41.9 Å². The quantitative estimate of drug-likeness (QED) is 0.463. The minimum Gasteiger partial charge on any atom is -0.0619 e. The first-order chi connectivity index (χ1) is 4.22. The lowest BCUT2D eigenvalue weighted by Gasteiger charge is -2.03. The van der Waals surface area contributed by atoms with Gasteiger partial charge in [0, 0.05) is 0 Å². The van der Waals surface area contributed by atoms with Crippen molar-refractivity contribution in [2.75, 3.05) is 0 Å². The lowest BCUT2D eigenvalue weighted by molar-refractivity contribution is 0.451. The fourth-order valence-electron chi connectivity index (χ4n) is 3.91. The molecule has 0 saturated heterocycles. The fourth-order valence-corrected chi connectivity index (χ4v) is 3.91. The van der Waals surface area contributed by atoms with E-state index in [1.165, 1.54) is 12.3 Å². The molecule has 0 radical (unpaired) electrons. The minimum atomic E-state index is 0.880. The highest BCUT2D eigenvalue weighted by Gasteiger charge is 2.90. The van der Waals surface area contributed by atoms with Crippen LogP contribution in [0.3, 0.4) is 0 Å². The summed E-state index contributed by atoms with van der Waals surface area (Å²) < 4.78 is 0. The fraction of sp³-hybridized carbons (Fsp3) is 1.00. The topological polar surface area (TPSA) is 0 Å². The van der Waals surface area contributed by atoms with Gasteiger partial charge in [0.25, 0.3) is 0 Å². The van der Waals surface area contributed by atoms with Gasteiger partial charge in [0.15, 0.2) is 0 Å². The molecule has 0 nitrogen and oxygen atoms in total. The Morgan fingerprint density at radius 1 is 1.33 bits per heavy atom. The van der Waals surface area contributed by atoms with Crippen LogP contribution in [-0.4, -0.2) is 0 Å². The van der Waals surface area contributed by atoms with E-state index in [1.807, 2.05) is 0 Å². The smallest absolute Gasteiger partial charge is 0.0176 e. The van der Waals surface area contributed by atoms with E-state index in [-0.39, 0.29) is 0 Å². The van der Waals surface area contributed by atoms with E-state index < -0.39 is 0 Å². The van der Waals surface area contributed by atoms with E-state index in [9.17, 15) is 0 Å². The molecule has 3 rings (SSSR count). The molecule has 3 aliphatic rings. The second-order valence-corrected chi connectivity index (χ2v) is 4.67. The summed E-state index contributed by atoms with van der Waals surface area (Å²) in [6.45, 7) is 4.95. The molecule has 0 heteroatoms. The van der Waals surface area contributed by atoms with Gasteiger partial charge in [-0.15, -0.1) is 0 Å². The molecule has 0 aliphatic heterocycles. The SMILES string of the molecule is CC1CCC2C3(C)CC123. The van der Waals surface area contributed by atoms with E-state index in [2.05, 4.69) is 13.8 Å². The summed E-state index contributed by atoms with van der Waals surface area (Å²) in [5.41, 5.74) is 1.80. The van der Waals surface area contributed by atoms with Crippen LogP contribution >= 0.6 is 0 Å². The zero-order valence-electron chi connectivity index (χ0n) is 6.28. The van der Waals surface area contributed by atoms with Crippen LogP contribution in [0.1, 0.15) is 33.1 Å². The molecule has 0 aromatic heterocycles. The van der Waals surface area contributed by atoms with Gasteiger partial charge in [-0.3, -0.25) is 0 Å².